The number of rotatable bonds is 7. The second kappa shape index (κ2) is 6.22. The molecule has 108 valence electrons. The zero-order valence-corrected chi connectivity index (χ0v) is 11.8. The summed E-state index contributed by atoms with van der Waals surface area (Å²) < 4.78 is 36.7. The summed E-state index contributed by atoms with van der Waals surface area (Å²) >= 11 is 1.44. The molecule has 0 aromatic carbocycles. The first-order valence-electron chi connectivity index (χ1n) is 6.75. The highest BCUT2D eigenvalue weighted by atomic mass is 32.1. The first kappa shape index (κ1) is 14.8. The molecule has 19 heavy (non-hydrogen) atoms. The van der Waals surface area contributed by atoms with Gasteiger partial charge in [0.1, 0.15) is 0 Å². The van der Waals surface area contributed by atoms with Crippen LogP contribution in [-0.4, -0.2) is 17.2 Å². The lowest BCUT2D eigenvalue weighted by molar-refractivity contribution is -0.134. The van der Waals surface area contributed by atoms with Crippen LogP contribution in [0.5, 0.6) is 0 Å². The van der Waals surface area contributed by atoms with Crippen molar-refractivity contribution < 1.29 is 13.2 Å². The minimum absolute atomic E-state index is 0.00824. The molecule has 2 rings (SSSR count). The van der Waals surface area contributed by atoms with Crippen LogP contribution in [-0.2, 0) is 19.4 Å². The fraction of sp³-hybridized carbons (Fsp3) is 0.769. The first-order chi connectivity index (χ1) is 8.98. The quantitative estimate of drug-likeness (QED) is 0.826. The number of nitrogens with zero attached hydrogens (tertiary/aromatic N) is 1. The lowest BCUT2D eigenvalue weighted by atomic mass is 10.2. The lowest BCUT2D eigenvalue weighted by Crippen LogP contribution is -2.15. The maximum Gasteiger partial charge on any atom is 0.389 e. The Morgan fingerprint density at radius 2 is 2.05 bits per heavy atom. The van der Waals surface area contributed by atoms with Gasteiger partial charge in [0.25, 0.3) is 0 Å². The average molecular weight is 292 g/mol. The van der Waals surface area contributed by atoms with Gasteiger partial charge in [-0.1, -0.05) is 13.3 Å². The summed E-state index contributed by atoms with van der Waals surface area (Å²) in [4.78, 5) is 5.50. The third-order valence-corrected chi connectivity index (χ3v) is 4.22. The molecule has 1 heterocycles. The van der Waals surface area contributed by atoms with Gasteiger partial charge < -0.3 is 5.32 Å². The highest BCUT2D eigenvalue weighted by molar-refractivity contribution is 7.11. The van der Waals surface area contributed by atoms with Crippen molar-refractivity contribution in [1.29, 1.82) is 0 Å². The van der Waals surface area contributed by atoms with E-state index in [-0.39, 0.29) is 6.42 Å². The molecule has 0 bridgehead atoms. The summed E-state index contributed by atoms with van der Waals surface area (Å²) in [7, 11) is 0. The van der Waals surface area contributed by atoms with Crippen molar-refractivity contribution in [3.8, 4) is 0 Å². The molecule has 1 fully saturated rings. The maximum atomic E-state index is 12.2. The summed E-state index contributed by atoms with van der Waals surface area (Å²) in [5.74, 6) is 0. The number of nitrogens with one attached hydrogen (secondary N) is 1. The number of hydrogen-bond donors (Lipinski definition) is 1. The van der Waals surface area contributed by atoms with E-state index in [4.69, 9.17) is 0 Å². The summed E-state index contributed by atoms with van der Waals surface area (Å²) in [5, 5.41) is 4.02. The first-order valence-corrected chi connectivity index (χ1v) is 7.57. The predicted molar refractivity (Wildman–Crippen MR) is 70.3 cm³/mol. The van der Waals surface area contributed by atoms with Gasteiger partial charge in [0.2, 0.25) is 0 Å². The van der Waals surface area contributed by atoms with Crippen molar-refractivity contribution in [3.05, 3.63) is 15.6 Å². The van der Waals surface area contributed by atoms with Crippen molar-refractivity contribution in [3.63, 3.8) is 0 Å². The Bertz CT molecular complexity index is 411. The molecule has 1 N–H and O–H groups in total. The number of hydrogen-bond acceptors (Lipinski definition) is 3. The number of halogens is 3. The molecule has 0 spiro atoms. The minimum Gasteiger partial charge on any atom is -0.309 e. The number of aryl methyl sites for hydroxylation is 2. The zero-order valence-electron chi connectivity index (χ0n) is 11.0. The predicted octanol–water partition coefficient (Wildman–Crippen LogP) is 3.84. The van der Waals surface area contributed by atoms with E-state index in [1.807, 2.05) is 0 Å². The van der Waals surface area contributed by atoms with Crippen LogP contribution in [0.25, 0.3) is 0 Å². The zero-order chi connectivity index (χ0) is 13.9. The maximum absolute atomic E-state index is 12.2. The van der Waals surface area contributed by atoms with Crippen molar-refractivity contribution in [2.45, 2.75) is 64.2 Å². The molecule has 2 nitrogen and oxygen atoms in total. The summed E-state index contributed by atoms with van der Waals surface area (Å²) in [6, 6.07) is 0.607. The fourth-order valence-corrected chi connectivity index (χ4v) is 2.95. The Morgan fingerprint density at radius 3 is 2.63 bits per heavy atom. The molecule has 0 amide bonds. The van der Waals surface area contributed by atoms with Gasteiger partial charge in [-0.15, -0.1) is 11.3 Å². The molecule has 6 heteroatoms. The molecule has 1 aliphatic rings. The highest BCUT2D eigenvalue weighted by Gasteiger charge is 2.27. The molecule has 0 saturated heterocycles. The highest BCUT2D eigenvalue weighted by Crippen LogP contribution is 2.27. The van der Waals surface area contributed by atoms with Gasteiger partial charge >= 0.3 is 6.18 Å². The number of thiazole rings is 1. The summed E-state index contributed by atoms with van der Waals surface area (Å²) in [5.41, 5.74) is 0.984. The van der Waals surface area contributed by atoms with Crippen LogP contribution in [0.3, 0.4) is 0 Å². The van der Waals surface area contributed by atoms with E-state index < -0.39 is 12.6 Å². The third kappa shape index (κ3) is 5.10. The van der Waals surface area contributed by atoms with E-state index >= 15 is 0 Å². The molecule has 1 aromatic heterocycles. The van der Waals surface area contributed by atoms with Crippen LogP contribution < -0.4 is 5.32 Å². The van der Waals surface area contributed by atoms with E-state index in [0.29, 0.717) is 11.0 Å². The van der Waals surface area contributed by atoms with Gasteiger partial charge in [0.05, 0.1) is 10.7 Å². The van der Waals surface area contributed by atoms with Gasteiger partial charge in [-0.3, -0.25) is 0 Å². The minimum atomic E-state index is -4.09. The molecule has 1 aliphatic carbocycles. The van der Waals surface area contributed by atoms with Gasteiger partial charge in [-0.05, 0) is 19.3 Å². The van der Waals surface area contributed by atoms with Gasteiger partial charge in [-0.25, -0.2) is 4.98 Å². The largest absolute Gasteiger partial charge is 0.389 e. The standard InChI is InChI=1S/C13H19F3N2S/c1-2-3-10-11(8-17-9-4-5-9)19-12(18-10)6-7-13(14,15)16/h9,17H,2-8H2,1H3. The van der Waals surface area contributed by atoms with E-state index in [1.54, 1.807) is 0 Å². The Labute approximate surface area is 115 Å². The van der Waals surface area contributed by atoms with Crippen molar-refractivity contribution in [1.82, 2.24) is 10.3 Å². The average Bonchev–Trinajstić information content (AvgIpc) is 3.07. The van der Waals surface area contributed by atoms with Crippen molar-refractivity contribution >= 4 is 11.3 Å². The second-order valence-corrected chi connectivity index (χ2v) is 6.17. The summed E-state index contributed by atoms with van der Waals surface area (Å²) in [6.07, 6.45) is -0.617. The number of aromatic nitrogens is 1. The van der Waals surface area contributed by atoms with Crippen LogP contribution >= 0.6 is 11.3 Å². The number of alkyl halides is 3. The van der Waals surface area contributed by atoms with Crippen LogP contribution in [0, 0.1) is 0 Å². The van der Waals surface area contributed by atoms with E-state index in [0.717, 1.165) is 30.0 Å². The van der Waals surface area contributed by atoms with Crippen LogP contribution in [0.2, 0.25) is 0 Å². The van der Waals surface area contributed by atoms with E-state index in [2.05, 4.69) is 17.2 Å². The van der Waals surface area contributed by atoms with Crippen LogP contribution in [0.4, 0.5) is 13.2 Å². The van der Waals surface area contributed by atoms with Crippen molar-refractivity contribution in [2.24, 2.45) is 0 Å². The molecular formula is C13H19F3N2S. The van der Waals surface area contributed by atoms with E-state index in [9.17, 15) is 13.2 Å². The topological polar surface area (TPSA) is 24.9 Å². The third-order valence-electron chi connectivity index (χ3n) is 3.06. The monoisotopic (exact) mass is 292 g/mol. The Balaban J connectivity index is 1.96. The van der Waals surface area contributed by atoms with Gasteiger partial charge in [0, 0.05) is 30.3 Å². The second-order valence-electron chi connectivity index (χ2n) is 5.00. The molecule has 1 saturated carbocycles. The molecule has 0 radical (unpaired) electrons. The van der Waals surface area contributed by atoms with Gasteiger partial charge in [-0.2, -0.15) is 13.2 Å². The van der Waals surface area contributed by atoms with E-state index in [1.165, 1.54) is 24.2 Å². The smallest absolute Gasteiger partial charge is 0.309 e. The lowest BCUT2D eigenvalue weighted by Gasteiger charge is -2.02. The normalized spacial score (nSPS) is 16.0. The van der Waals surface area contributed by atoms with Crippen LogP contribution in [0.1, 0.15) is 48.2 Å². The van der Waals surface area contributed by atoms with Crippen LogP contribution in [0.15, 0.2) is 0 Å². The SMILES string of the molecule is CCCc1nc(CCC(F)(F)F)sc1CNC1CC1. The van der Waals surface area contributed by atoms with Crippen molar-refractivity contribution in [2.75, 3.05) is 0 Å². The molecule has 0 atom stereocenters. The van der Waals surface area contributed by atoms with Gasteiger partial charge in [0.15, 0.2) is 0 Å². The Hall–Kier alpha value is -0.620. The Morgan fingerprint density at radius 1 is 1.32 bits per heavy atom. The fourth-order valence-electron chi connectivity index (χ4n) is 1.89. The molecule has 0 aliphatic heterocycles. The summed E-state index contributed by atoms with van der Waals surface area (Å²) in [6.45, 7) is 2.82. The molecule has 0 unspecified atom stereocenters. The molecule has 1 aromatic rings. The molecular weight excluding hydrogens is 273 g/mol. The Kier molecular flexibility index (Phi) is 4.84.